The van der Waals surface area contributed by atoms with Crippen molar-refractivity contribution in [1.82, 2.24) is 0 Å². The molecule has 4 fully saturated rings. The van der Waals surface area contributed by atoms with Crippen LogP contribution in [0.5, 0.6) is 5.75 Å². The fourth-order valence-electron chi connectivity index (χ4n) is 5.95. The maximum absolute atomic E-state index is 14.6. The third kappa shape index (κ3) is 3.74. The highest BCUT2D eigenvalue weighted by atomic mass is 19.1. The molecule has 0 spiro atoms. The number of rotatable bonds is 5. The van der Waals surface area contributed by atoms with Gasteiger partial charge in [-0.3, -0.25) is 0 Å². The summed E-state index contributed by atoms with van der Waals surface area (Å²) in [5.41, 5.74) is 6.05. The van der Waals surface area contributed by atoms with E-state index in [4.69, 9.17) is 24.5 Å². The number of hydrogen-bond acceptors (Lipinski definition) is 6. The molecule has 2 N–H and O–H groups in total. The van der Waals surface area contributed by atoms with Crippen LogP contribution in [0.1, 0.15) is 70.3 Å². The normalized spacial score (nSPS) is 31.5. The molecular weight excluding hydrogens is 412 g/mol. The van der Waals surface area contributed by atoms with E-state index in [1.54, 1.807) is 26.8 Å². The van der Waals surface area contributed by atoms with Crippen molar-refractivity contribution in [3.63, 3.8) is 0 Å². The minimum atomic E-state index is -0.767. The Bertz CT molecular complexity index is 916. The van der Waals surface area contributed by atoms with Gasteiger partial charge in [-0.05, 0) is 75.8 Å². The van der Waals surface area contributed by atoms with Crippen LogP contribution in [0.2, 0.25) is 0 Å². The lowest BCUT2D eigenvalue weighted by molar-refractivity contribution is -0.199. The van der Waals surface area contributed by atoms with E-state index in [-0.39, 0.29) is 28.4 Å². The minimum Gasteiger partial charge on any atom is -0.495 e. The molecule has 1 saturated heterocycles. The molecule has 1 aromatic carbocycles. The van der Waals surface area contributed by atoms with Gasteiger partial charge in [0, 0.05) is 5.94 Å². The minimum absolute atomic E-state index is 0.0303. The second kappa shape index (κ2) is 7.71. The molecule has 3 saturated carbocycles. The number of ether oxygens (including phenoxy) is 2. The number of nitrogens with two attached hydrogens (primary N) is 1. The van der Waals surface area contributed by atoms with Gasteiger partial charge in [-0.15, -0.1) is 0 Å². The molecule has 6 nitrogen and oxygen atoms in total. The Morgan fingerprint density at radius 1 is 1.31 bits per heavy atom. The van der Waals surface area contributed by atoms with Crippen molar-refractivity contribution in [2.75, 3.05) is 7.11 Å². The number of hydrogen-bond donors (Lipinski definition) is 1. The van der Waals surface area contributed by atoms with E-state index in [0.29, 0.717) is 23.8 Å². The van der Waals surface area contributed by atoms with Gasteiger partial charge >= 0.3 is 13.1 Å². The van der Waals surface area contributed by atoms with E-state index in [1.807, 2.05) is 0 Å². The first-order valence-electron chi connectivity index (χ1n) is 11.5. The molecule has 1 heterocycles. The Kier molecular flexibility index (Phi) is 5.67. The fraction of sp³-hybridized carbons (Fsp3) is 0.708. The molecule has 5 atom stereocenters. The molecular formula is C24H35BFNO5. The van der Waals surface area contributed by atoms with Crippen molar-refractivity contribution < 1.29 is 28.0 Å². The summed E-state index contributed by atoms with van der Waals surface area (Å²) in [7, 11) is 0.838. The summed E-state index contributed by atoms with van der Waals surface area (Å²) < 4.78 is 38.2. The van der Waals surface area contributed by atoms with Gasteiger partial charge in [-0.1, -0.05) is 19.9 Å². The van der Waals surface area contributed by atoms with Gasteiger partial charge in [0.2, 0.25) is 0 Å². The van der Waals surface area contributed by atoms with Crippen LogP contribution in [0.15, 0.2) is 12.1 Å². The number of esters is 1. The van der Waals surface area contributed by atoms with Crippen LogP contribution in [0.3, 0.4) is 0 Å². The zero-order valence-corrected chi connectivity index (χ0v) is 20.2. The summed E-state index contributed by atoms with van der Waals surface area (Å²) >= 11 is 0. The zero-order valence-electron chi connectivity index (χ0n) is 20.2. The highest BCUT2D eigenvalue weighted by molar-refractivity contribution is 6.47. The van der Waals surface area contributed by atoms with E-state index >= 15 is 0 Å². The Labute approximate surface area is 190 Å². The summed E-state index contributed by atoms with van der Waals surface area (Å²) in [5.74, 6) is -0.727. The molecule has 0 amide bonds. The van der Waals surface area contributed by atoms with Gasteiger partial charge in [-0.2, -0.15) is 0 Å². The summed E-state index contributed by atoms with van der Waals surface area (Å²) in [6.45, 7) is 12.0. The van der Waals surface area contributed by atoms with Crippen LogP contribution < -0.4 is 10.5 Å². The van der Waals surface area contributed by atoms with Crippen molar-refractivity contribution >= 4 is 13.1 Å². The number of halogens is 1. The van der Waals surface area contributed by atoms with Gasteiger partial charge in [0.25, 0.3) is 0 Å². The second-order valence-electron chi connectivity index (χ2n) is 11.3. The number of carbonyl (C=O) groups is 1. The van der Waals surface area contributed by atoms with Crippen LogP contribution in [0, 0.1) is 23.1 Å². The zero-order chi connectivity index (χ0) is 23.6. The lowest BCUT2D eigenvalue weighted by Crippen LogP contribution is -2.65. The predicted octanol–water partition coefficient (Wildman–Crippen LogP) is 3.93. The molecule has 176 valence electrons. The second-order valence-corrected chi connectivity index (χ2v) is 11.3. The quantitative estimate of drug-likeness (QED) is 0.545. The summed E-state index contributed by atoms with van der Waals surface area (Å²) in [5, 5.41) is 0. The lowest BCUT2D eigenvalue weighted by Gasteiger charge is -2.64. The standard InChI is InChI=1S/C24H35BFNO5/c1-22(2,3)30-21(28)19-15(26)9-8-13(20(19)29-7)10-18(27)25-31-17-12-14-11-16(23(14,4)5)24(17,6)32-25/h8-9,14,16-18H,10-12,27H2,1-7H3/t14-,16-,17+,18?,24-/m0/s1. The van der Waals surface area contributed by atoms with Gasteiger partial charge in [0.1, 0.15) is 22.7 Å². The van der Waals surface area contributed by atoms with Gasteiger partial charge in [-0.25, -0.2) is 9.18 Å². The van der Waals surface area contributed by atoms with Gasteiger partial charge in [0.15, 0.2) is 0 Å². The monoisotopic (exact) mass is 447 g/mol. The summed E-state index contributed by atoms with van der Waals surface area (Å²) in [4.78, 5) is 12.6. The molecule has 4 aliphatic rings. The SMILES string of the molecule is COc1c(CC(N)B2O[C@@H]3C[C@@H]4C[C@@H](C4(C)C)[C@]3(C)O2)ccc(F)c1C(=O)OC(C)(C)C. The molecule has 1 unspecified atom stereocenters. The van der Waals surface area contributed by atoms with Crippen molar-refractivity contribution in [3.05, 3.63) is 29.1 Å². The van der Waals surface area contributed by atoms with Crippen LogP contribution in [0.4, 0.5) is 4.39 Å². The van der Waals surface area contributed by atoms with E-state index in [9.17, 15) is 9.18 Å². The smallest absolute Gasteiger partial charge is 0.475 e. The predicted molar refractivity (Wildman–Crippen MR) is 120 cm³/mol. The van der Waals surface area contributed by atoms with E-state index in [0.717, 1.165) is 12.8 Å². The highest BCUT2D eigenvalue weighted by Gasteiger charge is 2.68. The first-order chi connectivity index (χ1) is 14.8. The number of methoxy groups -OCH3 is 1. The van der Waals surface area contributed by atoms with Crippen LogP contribution >= 0.6 is 0 Å². The Morgan fingerprint density at radius 3 is 2.59 bits per heavy atom. The molecule has 1 aliphatic heterocycles. The molecule has 5 rings (SSSR count). The summed E-state index contributed by atoms with van der Waals surface area (Å²) in [6, 6.07) is 2.84. The van der Waals surface area contributed by atoms with E-state index in [1.165, 1.54) is 13.2 Å². The van der Waals surface area contributed by atoms with Crippen molar-refractivity contribution in [1.29, 1.82) is 0 Å². The van der Waals surface area contributed by atoms with Gasteiger partial charge in [0.05, 0.1) is 18.8 Å². The summed E-state index contributed by atoms with van der Waals surface area (Å²) in [6.07, 6.45) is 2.48. The maximum atomic E-state index is 14.6. The molecule has 8 heteroatoms. The highest BCUT2D eigenvalue weighted by Crippen LogP contribution is 2.65. The third-order valence-electron chi connectivity index (χ3n) is 7.77. The first kappa shape index (κ1) is 23.5. The fourth-order valence-corrected chi connectivity index (χ4v) is 5.95. The topological polar surface area (TPSA) is 80.0 Å². The van der Waals surface area contributed by atoms with Crippen molar-refractivity contribution in [2.45, 2.75) is 84.1 Å². The Hall–Kier alpha value is -1.64. The third-order valence-corrected chi connectivity index (χ3v) is 7.77. The Balaban J connectivity index is 1.54. The van der Waals surface area contributed by atoms with Crippen molar-refractivity contribution in [2.24, 2.45) is 23.0 Å². The largest absolute Gasteiger partial charge is 0.495 e. The van der Waals surface area contributed by atoms with Crippen LogP contribution in [-0.4, -0.2) is 43.4 Å². The molecule has 3 aliphatic carbocycles. The molecule has 2 bridgehead atoms. The molecule has 0 radical (unpaired) electrons. The maximum Gasteiger partial charge on any atom is 0.475 e. The first-order valence-corrected chi connectivity index (χ1v) is 11.5. The van der Waals surface area contributed by atoms with Crippen LogP contribution in [0.25, 0.3) is 0 Å². The Morgan fingerprint density at radius 2 is 2.00 bits per heavy atom. The lowest BCUT2D eigenvalue weighted by atomic mass is 9.43. The van der Waals surface area contributed by atoms with E-state index in [2.05, 4.69) is 20.8 Å². The average molecular weight is 447 g/mol. The molecule has 1 aromatic rings. The van der Waals surface area contributed by atoms with Gasteiger partial charge < -0.3 is 24.5 Å². The number of benzene rings is 1. The van der Waals surface area contributed by atoms with Crippen LogP contribution in [-0.2, 0) is 20.5 Å². The average Bonchev–Trinajstić information content (AvgIpc) is 3.04. The molecule has 32 heavy (non-hydrogen) atoms. The van der Waals surface area contributed by atoms with Crippen molar-refractivity contribution in [3.8, 4) is 5.75 Å². The van der Waals surface area contributed by atoms with E-state index < -0.39 is 30.4 Å². The molecule has 0 aromatic heterocycles. The number of carbonyl (C=O) groups excluding carboxylic acids is 1.